The lowest BCUT2D eigenvalue weighted by atomic mass is 10.3. The van der Waals surface area contributed by atoms with E-state index in [2.05, 4.69) is 9.64 Å². The van der Waals surface area contributed by atoms with Crippen LogP contribution >= 0.6 is 0 Å². The molecule has 3 rings (SSSR count). The van der Waals surface area contributed by atoms with Gasteiger partial charge in [0.05, 0.1) is 18.6 Å². The molecule has 1 aromatic heterocycles. The Morgan fingerprint density at radius 3 is 2.40 bits per heavy atom. The van der Waals surface area contributed by atoms with Crippen LogP contribution in [0.15, 0.2) is 51.8 Å². The summed E-state index contributed by atoms with van der Waals surface area (Å²) < 4.78 is 36.8. The zero-order chi connectivity index (χ0) is 17.9. The largest absolute Gasteiger partial charge is 0.463 e. The first-order valence-corrected chi connectivity index (χ1v) is 9.39. The third-order valence-electron chi connectivity index (χ3n) is 4.14. The normalized spacial score (nSPS) is 16.7. The molecule has 0 unspecified atom stereocenters. The molecule has 0 amide bonds. The third kappa shape index (κ3) is 3.92. The highest BCUT2D eigenvalue weighted by molar-refractivity contribution is 7.89. The molecule has 0 saturated carbocycles. The summed E-state index contributed by atoms with van der Waals surface area (Å²) in [5.41, 5.74) is 0. The van der Waals surface area contributed by atoms with Crippen molar-refractivity contribution in [2.75, 3.05) is 33.3 Å². The SMILES string of the molecule is COC(=O)c1ccc(CN2CCN(S(=O)(=O)c3ccccc3)CC2)o1. The van der Waals surface area contributed by atoms with Crippen LogP contribution in [0.25, 0.3) is 0 Å². The Balaban J connectivity index is 1.59. The van der Waals surface area contributed by atoms with Gasteiger partial charge in [-0.15, -0.1) is 0 Å². The van der Waals surface area contributed by atoms with Gasteiger partial charge in [-0.3, -0.25) is 4.90 Å². The second kappa shape index (κ2) is 7.38. The van der Waals surface area contributed by atoms with Gasteiger partial charge in [0.1, 0.15) is 5.76 Å². The van der Waals surface area contributed by atoms with Crippen LogP contribution in [0.2, 0.25) is 0 Å². The summed E-state index contributed by atoms with van der Waals surface area (Å²) in [6.07, 6.45) is 0. The van der Waals surface area contributed by atoms with E-state index in [9.17, 15) is 13.2 Å². The standard InChI is InChI=1S/C17H20N2O5S/c1-23-17(20)16-8-7-14(24-16)13-18-9-11-19(12-10-18)25(21,22)15-5-3-2-4-6-15/h2-8H,9-13H2,1H3. The van der Waals surface area contributed by atoms with Gasteiger partial charge in [0.2, 0.25) is 15.8 Å². The molecule has 134 valence electrons. The van der Waals surface area contributed by atoms with Crippen LogP contribution in [0.1, 0.15) is 16.3 Å². The second-order valence-electron chi connectivity index (χ2n) is 5.75. The molecule has 0 spiro atoms. The minimum absolute atomic E-state index is 0.169. The molecule has 0 bridgehead atoms. The van der Waals surface area contributed by atoms with Gasteiger partial charge >= 0.3 is 5.97 Å². The lowest BCUT2D eigenvalue weighted by Gasteiger charge is -2.33. The summed E-state index contributed by atoms with van der Waals surface area (Å²) in [6.45, 7) is 2.56. The number of methoxy groups -OCH3 is 1. The van der Waals surface area contributed by atoms with Gasteiger partial charge in [-0.2, -0.15) is 4.31 Å². The van der Waals surface area contributed by atoms with Crippen molar-refractivity contribution in [2.45, 2.75) is 11.4 Å². The van der Waals surface area contributed by atoms with Crippen molar-refractivity contribution in [1.82, 2.24) is 9.21 Å². The Labute approximate surface area is 146 Å². The highest BCUT2D eigenvalue weighted by Gasteiger charge is 2.28. The maximum atomic E-state index is 12.6. The lowest BCUT2D eigenvalue weighted by Crippen LogP contribution is -2.48. The maximum absolute atomic E-state index is 12.6. The third-order valence-corrected chi connectivity index (χ3v) is 6.05. The highest BCUT2D eigenvalue weighted by Crippen LogP contribution is 2.19. The molecular weight excluding hydrogens is 344 g/mol. The van der Waals surface area contributed by atoms with E-state index in [1.807, 2.05) is 0 Å². The van der Waals surface area contributed by atoms with Gasteiger partial charge in [0.25, 0.3) is 0 Å². The van der Waals surface area contributed by atoms with E-state index in [4.69, 9.17) is 4.42 Å². The van der Waals surface area contributed by atoms with Crippen LogP contribution in [-0.2, 0) is 21.3 Å². The molecule has 2 aromatic rings. The van der Waals surface area contributed by atoms with Crippen LogP contribution in [0.4, 0.5) is 0 Å². The molecule has 1 aliphatic heterocycles. The first kappa shape index (κ1) is 17.7. The number of rotatable bonds is 5. The number of sulfonamides is 1. The van der Waals surface area contributed by atoms with Crippen LogP contribution < -0.4 is 0 Å². The van der Waals surface area contributed by atoms with Gasteiger partial charge in [0, 0.05) is 26.2 Å². The zero-order valence-corrected chi connectivity index (χ0v) is 14.7. The average Bonchev–Trinajstić information content (AvgIpc) is 3.11. The first-order valence-electron chi connectivity index (χ1n) is 7.95. The van der Waals surface area contributed by atoms with E-state index in [-0.39, 0.29) is 5.76 Å². The number of ether oxygens (including phenoxy) is 1. The molecule has 25 heavy (non-hydrogen) atoms. The first-order chi connectivity index (χ1) is 12.0. The molecule has 1 fully saturated rings. The number of hydrogen-bond acceptors (Lipinski definition) is 6. The van der Waals surface area contributed by atoms with Crippen molar-refractivity contribution < 1.29 is 22.4 Å². The molecule has 1 aliphatic rings. The van der Waals surface area contributed by atoms with Crippen LogP contribution in [0.3, 0.4) is 0 Å². The molecule has 7 nitrogen and oxygen atoms in total. The van der Waals surface area contributed by atoms with Crippen molar-refractivity contribution >= 4 is 16.0 Å². The van der Waals surface area contributed by atoms with E-state index in [1.54, 1.807) is 42.5 Å². The van der Waals surface area contributed by atoms with E-state index >= 15 is 0 Å². The average molecular weight is 364 g/mol. The predicted octanol–water partition coefficient (Wildman–Crippen LogP) is 1.57. The van der Waals surface area contributed by atoms with Crippen molar-refractivity contribution in [1.29, 1.82) is 0 Å². The van der Waals surface area contributed by atoms with E-state index in [1.165, 1.54) is 11.4 Å². The molecule has 1 aromatic carbocycles. The fraction of sp³-hybridized carbons (Fsp3) is 0.353. The minimum atomic E-state index is -3.45. The topological polar surface area (TPSA) is 80.1 Å². The van der Waals surface area contributed by atoms with Crippen LogP contribution in [0, 0.1) is 0 Å². The number of furan rings is 1. The number of carbonyl (C=O) groups is 1. The van der Waals surface area contributed by atoms with Gasteiger partial charge in [-0.1, -0.05) is 18.2 Å². The molecule has 2 heterocycles. The summed E-state index contributed by atoms with van der Waals surface area (Å²) in [5, 5.41) is 0. The highest BCUT2D eigenvalue weighted by atomic mass is 32.2. The Bertz CT molecular complexity index is 824. The predicted molar refractivity (Wildman–Crippen MR) is 90.5 cm³/mol. The quantitative estimate of drug-likeness (QED) is 0.750. The van der Waals surface area contributed by atoms with Crippen LogP contribution in [-0.4, -0.2) is 56.9 Å². The van der Waals surface area contributed by atoms with Gasteiger partial charge in [-0.25, -0.2) is 13.2 Å². The molecule has 0 N–H and O–H groups in total. The Morgan fingerprint density at radius 1 is 1.08 bits per heavy atom. The molecule has 1 saturated heterocycles. The second-order valence-corrected chi connectivity index (χ2v) is 7.69. The number of piperazine rings is 1. The number of carbonyl (C=O) groups excluding carboxylic acids is 1. The maximum Gasteiger partial charge on any atom is 0.373 e. The van der Waals surface area contributed by atoms with Gasteiger partial charge in [0.15, 0.2) is 0 Å². The van der Waals surface area contributed by atoms with E-state index in [0.717, 1.165) is 0 Å². The fourth-order valence-corrected chi connectivity index (χ4v) is 4.21. The number of nitrogens with zero attached hydrogens (tertiary/aromatic N) is 2. The van der Waals surface area contributed by atoms with Crippen LogP contribution in [0.5, 0.6) is 0 Å². The van der Waals surface area contributed by atoms with Crippen molar-refractivity contribution in [3.8, 4) is 0 Å². The number of benzene rings is 1. The number of hydrogen-bond donors (Lipinski definition) is 0. The monoisotopic (exact) mass is 364 g/mol. The fourth-order valence-electron chi connectivity index (χ4n) is 2.76. The lowest BCUT2D eigenvalue weighted by molar-refractivity contribution is 0.0560. The zero-order valence-electron chi connectivity index (χ0n) is 13.9. The van der Waals surface area contributed by atoms with Crippen molar-refractivity contribution in [3.05, 3.63) is 54.0 Å². The summed E-state index contributed by atoms with van der Waals surface area (Å²) >= 11 is 0. The minimum Gasteiger partial charge on any atom is -0.463 e. The number of esters is 1. The van der Waals surface area contributed by atoms with E-state index < -0.39 is 16.0 Å². The van der Waals surface area contributed by atoms with Crippen molar-refractivity contribution in [2.24, 2.45) is 0 Å². The summed E-state index contributed by atoms with van der Waals surface area (Å²) in [7, 11) is -2.14. The molecule has 8 heteroatoms. The Morgan fingerprint density at radius 2 is 1.76 bits per heavy atom. The summed E-state index contributed by atoms with van der Waals surface area (Å²) in [5.74, 6) is 0.313. The Hall–Kier alpha value is -2.16. The molecule has 0 radical (unpaired) electrons. The van der Waals surface area contributed by atoms with Crippen molar-refractivity contribution in [3.63, 3.8) is 0 Å². The molecule has 0 aliphatic carbocycles. The Kier molecular flexibility index (Phi) is 5.22. The summed E-state index contributed by atoms with van der Waals surface area (Å²) in [4.78, 5) is 13.8. The molecular formula is C17H20N2O5S. The van der Waals surface area contributed by atoms with Gasteiger partial charge < -0.3 is 9.15 Å². The smallest absolute Gasteiger partial charge is 0.373 e. The van der Waals surface area contributed by atoms with E-state index in [0.29, 0.717) is 43.4 Å². The summed E-state index contributed by atoms with van der Waals surface area (Å²) in [6, 6.07) is 11.8. The van der Waals surface area contributed by atoms with Gasteiger partial charge in [-0.05, 0) is 24.3 Å². The molecule has 0 atom stereocenters.